The van der Waals surface area contributed by atoms with Crippen molar-refractivity contribution in [2.45, 2.75) is 33.2 Å². The van der Waals surface area contributed by atoms with Gasteiger partial charge in [0, 0.05) is 8.95 Å². The molecule has 2 rings (SSSR count). The van der Waals surface area contributed by atoms with Gasteiger partial charge in [0.05, 0.1) is 6.04 Å². The van der Waals surface area contributed by atoms with Gasteiger partial charge in [-0.1, -0.05) is 68.1 Å². The summed E-state index contributed by atoms with van der Waals surface area (Å²) in [7, 11) is 0. The maximum absolute atomic E-state index is 3.70. The molecule has 2 aromatic carbocycles. The van der Waals surface area contributed by atoms with Gasteiger partial charge in [-0.3, -0.25) is 0 Å². The zero-order valence-corrected chi connectivity index (χ0v) is 15.9. The van der Waals surface area contributed by atoms with Crippen LogP contribution >= 0.6 is 31.9 Å². The van der Waals surface area contributed by atoms with E-state index in [2.05, 4.69) is 94.3 Å². The highest BCUT2D eigenvalue weighted by Crippen LogP contribution is 2.32. The minimum absolute atomic E-state index is 0.204. The molecule has 0 amide bonds. The first-order valence-corrected chi connectivity index (χ1v) is 8.86. The molecule has 3 heteroatoms. The molecule has 0 aliphatic rings. The first kappa shape index (κ1) is 16.7. The lowest BCUT2D eigenvalue weighted by atomic mass is 9.95. The van der Waals surface area contributed by atoms with Gasteiger partial charge in [0.15, 0.2) is 0 Å². The van der Waals surface area contributed by atoms with E-state index in [0.29, 0.717) is 0 Å². The molecule has 0 spiro atoms. The van der Waals surface area contributed by atoms with Gasteiger partial charge in [0.2, 0.25) is 0 Å². The molecule has 112 valence electrons. The first-order valence-electron chi connectivity index (χ1n) is 7.27. The van der Waals surface area contributed by atoms with Gasteiger partial charge >= 0.3 is 0 Å². The molecular formula is C18H21Br2N. The summed E-state index contributed by atoms with van der Waals surface area (Å²) >= 11 is 7.28. The smallest absolute Gasteiger partial charge is 0.0588 e. The third-order valence-corrected chi connectivity index (χ3v) is 4.66. The van der Waals surface area contributed by atoms with E-state index in [1.807, 2.05) is 0 Å². The Balaban J connectivity index is 2.49. The van der Waals surface area contributed by atoms with E-state index in [1.165, 1.54) is 22.3 Å². The van der Waals surface area contributed by atoms with Crippen molar-refractivity contribution in [3.05, 3.63) is 67.6 Å². The number of hydrogen-bond acceptors (Lipinski definition) is 1. The Morgan fingerprint density at radius 3 is 2.29 bits per heavy atom. The molecule has 1 unspecified atom stereocenters. The third kappa shape index (κ3) is 4.41. The quantitative estimate of drug-likeness (QED) is 0.645. The van der Waals surface area contributed by atoms with Gasteiger partial charge in [-0.05, 0) is 56.1 Å². The predicted molar refractivity (Wildman–Crippen MR) is 97.9 cm³/mol. The van der Waals surface area contributed by atoms with E-state index >= 15 is 0 Å². The molecule has 0 bridgehead atoms. The summed E-state index contributed by atoms with van der Waals surface area (Å²) < 4.78 is 2.24. The molecule has 0 radical (unpaired) electrons. The van der Waals surface area contributed by atoms with Crippen LogP contribution in [-0.4, -0.2) is 6.54 Å². The van der Waals surface area contributed by atoms with E-state index in [1.54, 1.807) is 0 Å². The Kier molecular flexibility index (Phi) is 6.03. The van der Waals surface area contributed by atoms with Crippen molar-refractivity contribution in [2.75, 3.05) is 6.54 Å². The summed E-state index contributed by atoms with van der Waals surface area (Å²) in [5.74, 6) is 0. The number of benzene rings is 2. The van der Waals surface area contributed by atoms with Crippen molar-refractivity contribution in [1.29, 1.82) is 0 Å². The van der Waals surface area contributed by atoms with Crippen LogP contribution in [0.1, 0.15) is 41.6 Å². The van der Waals surface area contributed by atoms with E-state index in [0.717, 1.165) is 21.9 Å². The SMILES string of the molecule is CCCNC(c1cc(C)cc(C)c1)c1cc(Br)ccc1Br. The van der Waals surface area contributed by atoms with Crippen molar-refractivity contribution in [1.82, 2.24) is 5.32 Å². The van der Waals surface area contributed by atoms with Gasteiger partial charge < -0.3 is 5.32 Å². The van der Waals surface area contributed by atoms with E-state index in [9.17, 15) is 0 Å². The lowest BCUT2D eigenvalue weighted by molar-refractivity contribution is 0.596. The highest BCUT2D eigenvalue weighted by Gasteiger charge is 2.17. The average Bonchev–Trinajstić information content (AvgIpc) is 2.42. The van der Waals surface area contributed by atoms with Crippen molar-refractivity contribution in [2.24, 2.45) is 0 Å². The average molecular weight is 411 g/mol. The van der Waals surface area contributed by atoms with Crippen LogP contribution in [0.25, 0.3) is 0 Å². The van der Waals surface area contributed by atoms with Crippen molar-refractivity contribution >= 4 is 31.9 Å². The maximum atomic E-state index is 3.70. The predicted octanol–water partition coefficient (Wildman–Crippen LogP) is 5.92. The van der Waals surface area contributed by atoms with E-state index in [4.69, 9.17) is 0 Å². The van der Waals surface area contributed by atoms with E-state index in [-0.39, 0.29) is 6.04 Å². The molecule has 0 aliphatic heterocycles. The van der Waals surface area contributed by atoms with Crippen LogP contribution in [0.2, 0.25) is 0 Å². The number of hydrogen-bond donors (Lipinski definition) is 1. The highest BCUT2D eigenvalue weighted by molar-refractivity contribution is 9.11. The monoisotopic (exact) mass is 409 g/mol. The number of halogens is 2. The molecule has 0 fully saturated rings. The van der Waals surface area contributed by atoms with Crippen molar-refractivity contribution in [3.63, 3.8) is 0 Å². The zero-order chi connectivity index (χ0) is 15.4. The second-order valence-electron chi connectivity index (χ2n) is 5.47. The normalized spacial score (nSPS) is 12.4. The zero-order valence-electron chi connectivity index (χ0n) is 12.7. The molecule has 1 nitrogen and oxygen atoms in total. The Morgan fingerprint density at radius 1 is 1.00 bits per heavy atom. The van der Waals surface area contributed by atoms with Crippen LogP contribution in [0.3, 0.4) is 0 Å². The highest BCUT2D eigenvalue weighted by atomic mass is 79.9. The molecule has 1 atom stereocenters. The summed E-state index contributed by atoms with van der Waals surface area (Å²) in [6.45, 7) is 7.50. The summed E-state index contributed by atoms with van der Waals surface area (Å²) in [5.41, 5.74) is 5.20. The van der Waals surface area contributed by atoms with Gasteiger partial charge in [0.25, 0.3) is 0 Å². The largest absolute Gasteiger partial charge is 0.306 e. The Morgan fingerprint density at radius 2 is 1.67 bits per heavy atom. The van der Waals surface area contributed by atoms with Crippen LogP contribution in [0, 0.1) is 13.8 Å². The van der Waals surface area contributed by atoms with Gasteiger partial charge in [-0.2, -0.15) is 0 Å². The molecule has 0 aliphatic carbocycles. The summed E-state index contributed by atoms with van der Waals surface area (Å²) in [4.78, 5) is 0. The first-order chi connectivity index (χ1) is 10.0. The molecule has 0 heterocycles. The second kappa shape index (κ2) is 7.57. The lowest BCUT2D eigenvalue weighted by Gasteiger charge is -2.22. The standard InChI is InChI=1S/C18H21Br2N/c1-4-7-21-18(14-9-12(2)8-13(3)10-14)16-11-15(19)5-6-17(16)20/h5-6,8-11,18,21H,4,7H2,1-3H3. The van der Waals surface area contributed by atoms with Gasteiger partial charge in [-0.25, -0.2) is 0 Å². The van der Waals surface area contributed by atoms with E-state index < -0.39 is 0 Å². The summed E-state index contributed by atoms with van der Waals surface area (Å²) in [6.07, 6.45) is 1.12. The van der Waals surface area contributed by atoms with Gasteiger partial charge in [0.1, 0.15) is 0 Å². The number of nitrogens with one attached hydrogen (secondary N) is 1. The summed E-state index contributed by atoms with van der Waals surface area (Å²) in [5, 5.41) is 3.67. The maximum Gasteiger partial charge on any atom is 0.0588 e. The molecule has 21 heavy (non-hydrogen) atoms. The van der Waals surface area contributed by atoms with Crippen LogP contribution in [0.5, 0.6) is 0 Å². The third-order valence-electron chi connectivity index (χ3n) is 3.44. The van der Waals surface area contributed by atoms with Gasteiger partial charge in [-0.15, -0.1) is 0 Å². The minimum Gasteiger partial charge on any atom is -0.306 e. The fraction of sp³-hybridized carbons (Fsp3) is 0.333. The molecule has 0 aromatic heterocycles. The Bertz CT molecular complexity index is 602. The Labute approximate surface area is 144 Å². The molecule has 0 saturated heterocycles. The van der Waals surface area contributed by atoms with Crippen molar-refractivity contribution in [3.8, 4) is 0 Å². The fourth-order valence-electron chi connectivity index (χ4n) is 2.61. The fourth-order valence-corrected chi connectivity index (χ4v) is 3.46. The number of rotatable bonds is 5. The molecule has 0 saturated carbocycles. The summed E-state index contributed by atoms with van der Waals surface area (Å²) in [6, 6.07) is 13.3. The van der Waals surface area contributed by atoms with Crippen LogP contribution in [0.15, 0.2) is 45.3 Å². The second-order valence-corrected chi connectivity index (χ2v) is 7.24. The topological polar surface area (TPSA) is 12.0 Å². The number of aryl methyl sites for hydroxylation is 2. The molecule has 2 aromatic rings. The van der Waals surface area contributed by atoms with Crippen LogP contribution < -0.4 is 5.32 Å². The van der Waals surface area contributed by atoms with Crippen molar-refractivity contribution < 1.29 is 0 Å². The molecule has 1 N–H and O–H groups in total. The van der Waals surface area contributed by atoms with Crippen LogP contribution in [-0.2, 0) is 0 Å². The minimum atomic E-state index is 0.204. The lowest BCUT2D eigenvalue weighted by Crippen LogP contribution is -2.23. The van der Waals surface area contributed by atoms with Crippen LogP contribution in [0.4, 0.5) is 0 Å². The Hall–Kier alpha value is -0.640. The molecular weight excluding hydrogens is 390 g/mol.